The van der Waals surface area contributed by atoms with E-state index in [4.69, 9.17) is 28.9 Å². The third kappa shape index (κ3) is 5.79. The number of piperidine rings is 1. The zero-order valence-corrected chi connectivity index (χ0v) is 25.2. The van der Waals surface area contributed by atoms with Crippen molar-refractivity contribution in [3.63, 3.8) is 0 Å². The van der Waals surface area contributed by atoms with Crippen LogP contribution in [0.15, 0.2) is 42.5 Å². The zero-order valence-electron chi connectivity index (χ0n) is 25.2. The van der Waals surface area contributed by atoms with Crippen LogP contribution in [0.1, 0.15) is 63.7 Å². The second-order valence-corrected chi connectivity index (χ2v) is 11.8. The number of methoxy groups -OCH3 is 1. The Bertz CT molecular complexity index is 1780. The van der Waals surface area contributed by atoms with Gasteiger partial charge in [-0.25, -0.2) is 14.8 Å². The lowest BCUT2D eigenvalue weighted by molar-refractivity contribution is -0.0592. The Hall–Kier alpha value is -4.66. The molecule has 4 aromatic rings. The molecule has 2 aromatic carbocycles. The number of hydrogen-bond donors (Lipinski definition) is 1. The molecule has 1 N–H and O–H groups in total. The number of hydrogen-bond acceptors (Lipinski definition) is 9. The molecule has 11 nitrogen and oxygen atoms in total. The van der Waals surface area contributed by atoms with Crippen molar-refractivity contribution < 1.29 is 28.8 Å². The SMILES string of the molecule is COc1cc(C(=O)O)cc2c1nc(CN1CCC(c3cccc(OCc4ccc(C#N)c5c4OCC5)n3)CC1)n2C[C@@H]1CCO1. The summed E-state index contributed by atoms with van der Waals surface area (Å²) in [6.45, 7) is 4.69. The first-order chi connectivity index (χ1) is 22.0. The van der Waals surface area contributed by atoms with E-state index in [1.165, 1.54) is 6.07 Å². The molecular weight excluding hydrogens is 574 g/mol. The predicted octanol–water partition coefficient (Wildman–Crippen LogP) is 4.69. The minimum atomic E-state index is -0.999. The molecule has 0 unspecified atom stereocenters. The maximum absolute atomic E-state index is 11.8. The zero-order chi connectivity index (χ0) is 30.9. The molecule has 0 amide bonds. The van der Waals surface area contributed by atoms with E-state index in [0.29, 0.717) is 54.9 Å². The van der Waals surface area contributed by atoms with Gasteiger partial charge in [-0.2, -0.15) is 5.26 Å². The molecule has 11 heteroatoms. The predicted molar refractivity (Wildman–Crippen MR) is 164 cm³/mol. The van der Waals surface area contributed by atoms with Gasteiger partial charge in [0.05, 0.1) is 55.6 Å². The van der Waals surface area contributed by atoms with Crippen molar-refractivity contribution in [3.8, 4) is 23.4 Å². The fourth-order valence-electron chi connectivity index (χ4n) is 6.53. The van der Waals surface area contributed by atoms with Gasteiger partial charge in [-0.15, -0.1) is 0 Å². The molecule has 232 valence electrons. The maximum Gasteiger partial charge on any atom is 0.335 e. The molecule has 5 heterocycles. The molecule has 2 aromatic heterocycles. The molecule has 0 radical (unpaired) electrons. The summed E-state index contributed by atoms with van der Waals surface area (Å²) in [5.41, 5.74) is 5.17. The molecule has 7 rings (SSSR count). The van der Waals surface area contributed by atoms with E-state index < -0.39 is 5.97 Å². The van der Waals surface area contributed by atoms with Gasteiger partial charge in [0.1, 0.15) is 29.4 Å². The maximum atomic E-state index is 11.8. The second kappa shape index (κ2) is 12.4. The summed E-state index contributed by atoms with van der Waals surface area (Å²) in [6.07, 6.45) is 3.71. The summed E-state index contributed by atoms with van der Waals surface area (Å²) in [7, 11) is 1.54. The van der Waals surface area contributed by atoms with Crippen LogP contribution in [0.5, 0.6) is 17.4 Å². The van der Waals surface area contributed by atoms with Gasteiger partial charge < -0.3 is 28.6 Å². The number of ether oxygens (including phenoxy) is 4. The van der Waals surface area contributed by atoms with Crippen LogP contribution in [-0.2, 0) is 30.9 Å². The smallest absolute Gasteiger partial charge is 0.335 e. The van der Waals surface area contributed by atoms with Crippen molar-refractivity contribution >= 4 is 17.0 Å². The van der Waals surface area contributed by atoms with Crippen LogP contribution in [-0.4, -0.2) is 70.0 Å². The van der Waals surface area contributed by atoms with Gasteiger partial charge in [0.25, 0.3) is 0 Å². The Kier molecular flexibility index (Phi) is 8.00. The van der Waals surface area contributed by atoms with Crippen molar-refractivity contribution in [1.82, 2.24) is 19.4 Å². The first-order valence-electron chi connectivity index (χ1n) is 15.4. The molecule has 45 heavy (non-hydrogen) atoms. The number of fused-ring (bicyclic) bond motifs is 2. The molecule has 0 spiro atoms. The lowest BCUT2D eigenvalue weighted by atomic mass is 9.93. The highest BCUT2D eigenvalue weighted by atomic mass is 16.5. The molecule has 2 fully saturated rings. The summed E-state index contributed by atoms with van der Waals surface area (Å²) in [5, 5.41) is 19.1. The van der Waals surface area contributed by atoms with Crippen LogP contribution >= 0.6 is 0 Å². The largest absolute Gasteiger partial charge is 0.494 e. The van der Waals surface area contributed by atoms with E-state index in [1.54, 1.807) is 13.2 Å². The highest BCUT2D eigenvalue weighted by Crippen LogP contribution is 2.34. The molecule has 0 aliphatic carbocycles. The van der Waals surface area contributed by atoms with Crippen LogP contribution in [0.3, 0.4) is 0 Å². The molecule has 2 saturated heterocycles. The number of benzene rings is 2. The Balaban J connectivity index is 1.03. The Morgan fingerprint density at radius 3 is 2.71 bits per heavy atom. The average Bonchev–Trinajstić information content (AvgIpc) is 3.67. The van der Waals surface area contributed by atoms with Gasteiger partial charge in [0.2, 0.25) is 5.88 Å². The summed E-state index contributed by atoms with van der Waals surface area (Å²) in [6, 6.07) is 15.1. The van der Waals surface area contributed by atoms with Gasteiger partial charge in [0, 0.05) is 41.8 Å². The van der Waals surface area contributed by atoms with E-state index in [-0.39, 0.29) is 11.7 Å². The monoisotopic (exact) mass is 609 g/mol. The number of nitrogens with zero attached hydrogens (tertiary/aromatic N) is 5. The van der Waals surface area contributed by atoms with Crippen molar-refractivity contribution in [2.75, 3.05) is 33.4 Å². The second-order valence-electron chi connectivity index (χ2n) is 11.8. The lowest BCUT2D eigenvalue weighted by Gasteiger charge is -2.32. The third-order valence-electron chi connectivity index (χ3n) is 9.10. The average molecular weight is 610 g/mol. The van der Waals surface area contributed by atoms with Crippen LogP contribution < -0.4 is 14.2 Å². The molecule has 3 aliphatic heterocycles. The van der Waals surface area contributed by atoms with Crippen molar-refractivity contribution in [1.29, 1.82) is 5.26 Å². The highest BCUT2D eigenvalue weighted by Gasteiger charge is 2.27. The first kappa shape index (κ1) is 29.1. The first-order valence-corrected chi connectivity index (χ1v) is 15.4. The van der Waals surface area contributed by atoms with E-state index in [9.17, 15) is 15.2 Å². The summed E-state index contributed by atoms with van der Waals surface area (Å²) >= 11 is 0. The van der Waals surface area contributed by atoms with Crippen LogP contribution in [0.25, 0.3) is 11.0 Å². The number of carboxylic acid groups (broad SMARTS) is 1. The number of carboxylic acids is 1. The van der Waals surface area contributed by atoms with E-state index in [1.807, 2.05) is 24.3 Å². The quantitative estimate of drug-likeness (QED) is 0.270. The number of aromatic carboxylic acids is 1. The number of rotatable bonds is 10. The standard InChI is InChI=1S/C34H35N5O6/c1-42-29-16-24(34(40)41)15-28-32(29)37-30(39(28)18-25-9-13-43-25)19-38-11-7-21(8-12-38)27-3-2-4-31(36-27)45-20-23-6-5-22(17-35)26-10-14-44-33(23)26/h2-6,15-16,21,25H,7-14,18-20H2,1H3,(H,40,41)/t25-/m0/s1. The lowest BCUT2D eigenvalue weighted by Crippen LogP contribution is -2.35. The van der Waals surface area contributed by atoms with Crippen LogP contribution in [0.2, 0.25) is 0 Å². The number of likely N-dealkylation sites (tertiary alicyclic amines) is 1. The fourth-order valence-corrected chi connectivity index (χ4v) is 6.53. The number of carbonyl (C=O) groups is 1. The van der Waals surface area contributed by atoms with E-state index in [2.05, 4.69) is 21.6 Å². The molecule has 0 saturated carbocycles. The minimum absolute atomic E-state index is 0.0947. The van der Waals surface area contributed by atoms with Gasteiger partial charge in [-0.05, 0) is 56.6 Å². The fraction of sp³-hybridized carbons (Fsp3) is 0.412. The van der Waals surface area contributed by atoms with Gasteiger partial charge in [0.15, 0.2) is 0 Å². The number of aromatic nitrogens is 3. The van der Waals surface area contributed by atoms with Crippen molar-refractivity contribution in [3.05, 3.63) is 76.2 Å². The van der Waals surface area contributed by atoms with E-state index >= 15 is 0 Å². The Labute approximate surface area is 260 Å². The molecule has 3 aliphatic rings. The molecular formula is C34H35N5O6. The van der Waals surface area contributed by atoms with Gasteiger partial charge >= 0.3 is 5.97 Å². The van der Waals surface area contributed by atoms with Gasteiger partial charge in [-0.1, -0.05) is 12.1 Å². The van der Waals surface area contributed by atoms with Gasteiger partial charge in [-0.3, -0.25) is 4.90 Å². The normalized spacial score (nSPS) is 18.2. The topological polar surface area (TPSA) is 132 Å². The minimum Gasteiger partial charge on any atom is -0.494 e. The van der Waals surface area contributed by atoms with E-state index in [0.717, 1.165) is 79.3 Å². The van der Waals surface area contributed by atoms with Crippen LogP contribution in [0.4, 0.5) is 0 Å². The molecule has 1 atom stereocenters. The molecule has 0 bridgehead atoms. The number of nitriles is 1. The van der Waals surface area contributed by atoms with Crippen molar-refractivity contribution in [2.24, 2.45) is 0 Å². The third-order valence-corrected chi connectivity index (χ3v) is 9.10. The summed E-state index contributed by atoms with van der Waals surface area (Å²) < 4.78 is 25.3. The summed E-state index contributed by atoms with van der Waals surface area (Å²) in [5.74, 6) is 2.00. The van der Waals surface area contributed by atoms with Crippen molar-refractivity contribution in [2.45, 2.75) is 57.4 Å². The summed E-state index contributed by atoms with van der Waals surface area (Å²) in [4.78, 5) is 24.0. The van der Waals surface area contributed by atoms with Crippen LogP contribution in [0, 0.1) is 11.3 Å². The Morgan fingerprint density at radius 1 is 1.13 bits per heavy atom. The number of imidazole rings is 1. The number of pyridine rings is 1. The Morgan fingerprint density at radius 2 is 1.98 bits per heavy atom. The highest BCUT2D eigenvalue weighted by molar-refractivity contribution is 5.95.